The Bertz CT molecular complexity index is 1580. The van der Waals surface area contributed by atoms with Crippen molar-refractivity contribution in [2.24, 2.45) is 0 Å². The number of nitrogens with zero attached hydrogens (tertiary/aromatic N) is 1. The highest BCUT2D eigenvalue weighted by Crippen LogP contribution is 2.47. The molecule has 0 unspecified atom stereocenters. The molecule has 1 N–H and O–H groups in total. The largest absolute Gasteiger partial charge is 0.741 e. The van der Waals surface area contributed by atoms with Crippen LogP contribution in [0.25, 0.3) is 10.8 Å². The number of esters is 1. The number of carboxylic acids is 1. The van der Waals surface area contributed by atoms with Gasteiger partial charge in [0, 0.05) is 22.8 Å². The summed E-state index contributed by atoms with van der Waals surface area (Å²) in [5, 5.41) is 11.6. The number of alkyl halides is 3. The van der Waals surface area contributed by atoms with Crippen LogP contribution < -0.4 is 4.58 Å². The van der Waals surface area contributed by atoms with Crippen LogP contribution in [-0.4, -0.2) is 48.3 Å². The lowest BCUT2D eigenvalue weighted by Crippen LogP contribution is -2.37. The van der Waals surface area contributed by atoms with Gasteiger partial charge in [-0.1, -0.05) is 24.3 Å². The molecule has 0 aliphatic carbocycles. The molecule has 0 bridgehead atoms. The fraction of sp³-hybridized carbons (Fsp3) is 0.269. The third kappa shape index (κ3) is 5.01. The zero-order valence-electron chi connectivity index (χ0n) is 21.0. The molecule has 0 saturated carbocycles. The molecular weight excluding hydrogens is 527 g/mol. The molecule has 3 aromatic carbocycles. The molecule has 3 aromatic rings. The van der Waals surface area contributed by atoms with Crippen LogP contribution in [0, 0.1) is 13.8 Å². The first kappa shape index (κ1) is 28.8. The number of rotatable bonds is 3. The molecule has 38 heavy (non-hydrogen) atoms. The van der Waals surface area contributed by atoms with Gasteiger partial charge >= 0.3 is 17.4 Å². The van der Waals surface area contributed by atoms with Gasteiger partial charge in [0.1, 0.15) is 0 Å². The van der Waals surface area contributed by atoms with Crippen molar-refractivity contribution in [3.05, 3.63) is 70.8 Å². The lowest BCUT2D eigenvalue weighted by atomic mass is 9.79. The van der Waals surface area contributed by atoms with Crippen molar-refractivity contribution in [2.45, 2.75) is 38.6 Å². The minimum absolute atomic E-state index is 0.227. The summed E-state index contributed by atoms with van der Waals surface area (Å²) in [5.41, 5.74) is -1.16. The van der Waals surface area contributed by atoms with Crippen LogP contribution >= 0.6 is 0 Å². The minimum Gasteiger partial charge on any atom is -0.741 e. The van der Waals surface area contributed by atoms with Gasteiger partial charge in [-0.2, -0.15) is 13.2 Å². The van der Waals surface area contributed by atoms with Gasteiger partial charge < -0.3 is 14.4 Å². The fourth-order valence-electron chi connectivity index (χ4n) is 4.73. The molecule has 1 heterocycles. The average Bonchev–Trinajstić information content (AvgIpc) is 3.04. The van der Waals surface area contributed by atoms with Crippen LogP contribution in [0.15, 0.2) is 48.5 Å². The summed E-state index contributed by atoms with van der Waals surface area (Å²) in [6, 6.07) is 15.5. The zero-order valence-corrected chi connectivity index (χ0v) is 21.8. The number of hydrogen-bond acceptors (Lipinski definition) is 6. The lowest BCUT2D eigenvalue weighted by molar-refractivity contribution is -0.133. The zero-order chi connectivity index (χ0) is 28.8. The van der Waals surface area contributed by atoms with Crippen molar-refractivity contribution in [1.82, 2.24) is 4.58 Å². The first-order chi connectivity index (χ1) is 17.4. The summed E-state index contributed by atoms with van der Waals surface area (Å²) < 4.78 is 66.0. The number of fused-ring (bicyclic) bond motifs is 3. The third-order valence-electron chi connectivity index (χ3n) is 6.21. The van der Waals surface area contributed by atoms with Gasteiger partial charge in [0.25, 0.3) is 5.71 Å². The van der Waals surface area contributed by atoms with E-state index in [4.69, 9.17) is 17.7 Å². The van der Waals surface area contributed by atoms with Gasteiger partial charge in [-0.15, -0.1) is 4.58 Å². The smallest absolute Gasteiger partial charge is 0.485 e. The lowest BCUT2D eigenvalue weighted by Gasteiger charge is -2.17. The number of benzene rings is 3. The molecule has 0 radical (unpaired) electrons. The first-order valence-corrected chi connectivity index (χ1v) is 12.5. The van der Waals surface area contributed by atoms with Crippen molar-refractivity contribution in [1.29, 1.82) is 0 Å². The molecule has 0 fully saturated rings. The van der Waals surface area contributed by atoms with Gasteiger partial charge in [0.15, 0.2) is 10.1 Å². The van der Waals surface area contributed by atoms with Gasteiger partial charge in [-0.05, 0) is 56.7 Å². The highest BCUT2D eigenvalue weighted by Gasteiger charge is 2.52. The number of hydrogen-bond donors (Lipinski definition) is 1. The molecule has 1 aliphatic rings. The Hall–Kier alpha value is -3.77. The van der Waals surface area contributed by atoms with E-state index >= 15 is 0 Å². The fourth-order valence-corrected chi connectivity index (χ4v) is 4.73. The number of ether oxygens (including phenoxy) is 1. The average molecular weight is 552 g/mol. The van der Waals surface area contributed by atoms with Crippen molar-refractivity contribution in [2.75, 3.05) is 7.11 Å². The Kier molecular flexibility index (Phi) is 7.46. The molecule has 4 rings (SSSR count). The van der Waals surface area contributed by atoms with Crippen LogP contribution in [0.3, 0.4) is 0 Å². The Morgan fingerprint density at radius 1 is 1.03 bits per heavy atom. The molecule has 0 spiro atoms. The van der Waals surface area contributed by atoms with E-state index in [0.29, 0.717) is 5.71 Å². The second-order valence-electron chi connectivity index (χ2n) is 9.15. The van der Waals surface area contributed by atoms with Gasteiger partial charge in [0.2, 0.25) is 11.4 Å². The maximum Gasteiger partial charge on any atom is 0.485 e. The van der Waals surface area contributed by atoms with Crippen molar-refractivity contribution in [3.63, 3.8) is 0 Å². The monoisotopic (exact) mass is 551 g/mol. The third-order valence-corrected chi connectivity index (χ3v) is 6.78. The summed E-state index contributed by atoms with van der Waals surface area (Å²) in [4.78, 5) is 24.5. The Balaban J connectivity index is 0.000000436. The maximum absolute atomic E-state index is 13.0. The summed E-state index contributed by atoms with van der Waals surface area (Å²) in [6.07, 6.45) is 0. The number of aromatic carboxylic acids is 1. The molecular formula is C26H24F3NO7S. The van der Waals surface area contributed by atoms with E-state index in [1.165, 1.54) is 7.11 Å². The summed E-state index contributed by atoms with van der Waals surface area (Å²) in [5.74, 6) is -1.38. The van der Waals surface area contributed by atoms with Gasteiger partial charge in [0.05, 0.1) is 18.1 Å². The molecule has 0 saturated heterocycles. The normalized spacial score (nSPS) is 14.6. The highest BCUT2D eigenvalue weighted by molar-refractivity contribution is 7.86. The molecule has 0 aromatic heterocycles. The summed E-state index contributed by atoms with van der Waals surface area (Å²) >= 11 is 0. The number of carbonyl (C=O) groups is 2. The Morgan fingerprint density at radius 2 is 1.55 bits per heavy atom. The van der Waals surface area contributed by atoms with Crippen LogP contribution in [0.4, 0.5) is 24.5 Å². The van der Waals surface area contributed by atoms with Crippen molar-refractivity contribution < 1.29 is 45.6 Å². The van der Waals surface area contributed by atoms with Crippen LogP contribution in [-0.2, 0) is 25.1 Å². The quantitative estimate of drug-likeness (QED) is 0.212. The van der Waals surface area contributed by atoms with Crippen molar-refractivity contribution in [3.8, 4) is 0 Å². The van der Waals surface area contributed by atoms with Crippen LogP contribution in [0.1, 0.15) is 40.9 Å². The summed E-state index contributed by atoms with van der Waals surface area (Å²) in [7, 11) is -4.70. The molecule has 8 nitrogen and oxygen atoms in total. The van der Waals surface area contributed by atoms with Crippen LogP contribution in [0.2, 0.25) is 0 Å². The molecule has 202 valence electrons. The minimum atomic E-state index is -6.09. The number of methoxy groups -OCH3 is 1. The molecule has 1 aliphatic heterocycles. The first-order valence-electron chi connectivity index (χ1n) is 11.1. The van der Waals surface area contributed by atoms with Gasteiger partial charge in [-0.25, -0.2) is 18.0 Å². The van der Waals surface area contributed by atoms with E-state index in [-0.39, 0.29) is 5.56 Å². The maximum atomic E-state index is 13.0. The van der Waals surface area contributed by atoms with Crippen molar-refractivity contribution >= 4 is 49.9 Å². The van der Waals surface area contributed by atoms with E-state index in [0.717, 1.165) is 38.8 Å². The second kappa shape index (κ2) is 9.84. The number of carbonyl (C=O) groups excluding carboxylic acids is 1. The molecule has 0 amide bonds. The topological polar surface area (TPSA) is 124 Å². The van der Waals surface area contributed by atoms with E-state index in [1.807, 2.05) is 56.5 Å². The standard InChI is InChI=1S/C25H23NO4.CHF3O3S/c1-14-12-17(23(27)28)13-15(2)21(14)26-19-11-10-16-8-6-7-9-18(16)20(19)25(3,4)22(26)24(29)30-5;2-1(3,4)8(5,6)7/h6-13H,1-5H3;(H,5,6,7). The molecule has 0 atom stereocenters. The Morgan fingerprint density at radius 3 is 2.03 bits per heavy atom. The van der Waals surface area contributed by atoms with E-state index in [2.05, 4.69) is 12.1 Å². The van der Waals surface area contributed by atoms with Crippen LogP contribution in [0.5, 0.6) is 0 Å². The predicted molar refractivity (Wildman–Crippen MR) is 134 cm³/mol. The number of carboxylic acid groups (broad SMARTS) is 1. The van der Waals surface area contributed by atoms with E-state index in [9.17, 15) is 27.9 Å². The SMILES string of the molecule is COC(=O)C1=[N+](c2c(C)cc(C(=O)O)cc2C)c2ccc3ccccc3c2C1(C)C.O=S(=O)([O-])C(F)(F)F. The Labute approximate surface area is 216 Å². The van der Waals surface area contributed by atoms with Gasteiger partial charge in [-0.3, -0.25) is 0 Å². The predicted octanol–water partition coefficient (Wildman–Crippen LogP) is 4.95. The second-order valence-corrected chi connectivity index (χ2v) is 10.5. The van der Waals surface area contributed by atoms with E-state index in [1.54, 1.807) is 12.1 Å². The summed E-state index contributed by atoms with van der Waals surface area (Å²) in [6.45, 7) is 7.80. The number of halogens is 3. The van der Waals surface area contributed by atoms with E-state index < -0.39 is 33.0 Å². The molecule has 12 heteroatoms. The number of aryl methyl sites for hydroxylation is 2. The highest BCUT2D eigenvalue weighted by atomic mass is 32.2.